The van der Waals surface area contributed by atoms with Crippen molar-refractivity contribution in [2.75, 3.05) is 20.1 Å². The van der Waals surface area contributed by atoms with Crippen LogP contribution >= 0.6 is 0 Å². The van der Waals surface area contributed by atoms with Crippen LogP contribution in [0.15, 0.2) is 30.3 Å². The van der Waals surface area contributed by atoms with E-state index in [4.69, 9.17) is 4.74 Å². The summed E-state index contributed by atoms with van der Waals surface area (Å²) in [6.45, 7) is 1.69. The van der Waals surface area contributed by atoms with Gasteiger partial charge in [0.05, 0.1) is 0 Å². The van der Waals surface area contributed by atoms with Crippen molar-refractivity contribution in [3.8, 4) is 0 Å². The third-order valence-electron chi connectivity index (χ3n) is 5.09. The lowest BCUT2D eigenvalue weighted by molar-refractivity contribution is -0.178. The van der Waals surface area contributed by atoms with Crippen LogP contribution in [-0.4, -0.2) is 42.2 Å². The van der Waals surface area contributed by atoms with Crippen LogP contribution in [0.2, 0.25) is 0 Å². The van der Waals surface area contributed by atoms with Crippen molar-refractivity contribution in [2.45, 2.75) is 43.8 Å². The predicted molar refractivity (Wildman–Crippen MR) is 84.3 cm³/mol. The summed E-state index contributed by atoms with van der Waals surface area (Å²) in [6, 6.07) is 9.30. The molecule has 1 aromatic rings. The second kappa shape index (κ2) is 6.39. The van der Waals surface area contributed by atoms with E-state index in [1.807, 2.05) is 37.4 Å². The third kappa shape index (κ3) is 2.90. The van der Waals surface area contributed by atoms with Gasteiger partial charge in [-0.15, -0.1) is 0 Å². The highest BCUT2D eigenvalue weighted by molar-refractivity contribution is 5.81. The van der Waals surface area contributed by atoms with Crippen LogP contribution in [0.1, 0.15) is 37.7 Å². The fourth-order valence-electron chi connectivity index (χ4n) is 3.79. The monoisotopic (exact) mass is 303 g/mol. The molecule has 4 heteroatoms. The number of carbonyl (C=O) groups is 1. The number of esters is 1. The quantitative estimate of drug-likeness (QED) is 0.867. The predicted octanol–water partition coefficient (Wildman–Crippen LogP) is 2.31. The normalized spacial score (nSPS) is 26.0. The fourth-order valence-corrected chi connectivity index (χ4v) is 3.79. The lowest BCUT2D eigenvalue weighted by Gasteiger charge is -2.33. The molecule has 120 valence electrons. The number of hydrogen-bond acceptors (Lipinski definition) is 4. The molecule has 1 aromatic carbocycles. The summed E-state index contributed by atoms with van der Waals surface area (Å²) in [7, 11) is 2.02. The number of hydrogen-bond donors (Lipinski definition) is 1. The molecular formula is C18H25NO3. The average molecular weight is 303 g/mol. The number of rotatable bonds is 4. The van der Waals surface area contributed by atoms with Crippen LogP contribution in [0, 0.1) is 5.92 Å². The second-order valence-corrected chi connectivity index (χ2v) is 6.69. The molecule has 1 aliphatic heterocycles. The van der Waals surface area contributed by atoms with E-state index in [-0.39, 0.29) is 12.0 Å². The first-order valence-electron chi connectivity index (χ1n) is 8.28. The van der Waals surface area contributed by atoms with Crippen LogP contribution < -0.4 is 0 Å². The first kappa shape index (κ1) is 15.5. The fraction of sp³-hybridized carbons (Fsp3) is 0.611. The van der Waals surface area contributed by atoms with Gasteiger partial charge in [-0.05, 0) is 31.9 Å². The molecule has 0 unspecified atom stereocenters. The molecule has 0 aromatic heterocycles. The Labute approximate surface area is 132 Å². The maximum absolute atomic E-state index is 12.8. The highest BCUT2D eigenvalue weighted by atomic mass is 16.6. The minimum atomic E-state index is -1.50. The summed E-state index contributed by atoms with van der Waals surface area (Å²) in [5, 5.41) is 11.3. The molecule has 2 aliphatic rings. The minimum Gasteiger partial charge on any atom is -0.459 e. The minimum absolute atomic E-state index is 0.0402. The van der Waals surface area contributed by atoms with Gasteiger partial charge in [0.1, 0.15) is 6.10 Å². The van der Waals surface area contributed by atoms with E-state index in [9.17, 15) is 9.90 Å². The van der Waals surface area contributed by atoms with Crippen molar-refractivity contribution in [3.63, 3.8) is 0 Å². The van der Waals surface area contributed by atoms with E-state index in [1.165, 1.54) is 0 Å². The van der Waals surface area contributed by atoms with Crippen LogP contribution in [0.4, 0.5) is 0 Å². The number of aliphatic hydroxyl groups is 1. The lowest BCUT2D eigenvalue weighted by Crippen LogP contribution is -2.45. The number of likely N-dealkylation sites (N-methyl/N-ethyl adjacent to an activating group) is 1. The molecule has 3 rings (SSSR count). The SMILES string of the molecule is CN1CC[C@H](OC(=O)[C@@](O)(c2ccccc2)C2CCCC2)C1. The number of carbonyl (C=O) groups excluding carboxylic acids is 1. The van der Waals surface area contributed by atoms with E-state index >= 15 is 0 Å². The Bertz CT molecular complexity index is 512. The Balaban J connectivity index is 1.83. The van der Waals surface area contributed by atoms with Gasteiger partial charge < -0.3 is 14.7 Å². The molecular weight excluding hydrogens is 278 g/mol. The van der Waals surface area contributed by atoms with Gasteiger partial charge in [-0.1, -0.05) is 43.2 Å². The van der Waals surface area contributed by atoms with Gasteiger partial charge in [0, 0.05) is 19.0 Å². The van der Waals surface area contributed by atoms with Gasteiger partial charge in [0.2, 0.25) is 0 Å². The summed E-state index contributed by atoms with van der Waals surface area (Å²) < 4.78 is 5.68. The average Bonchev–Trinajstić information content (AvgIpc) is 3.19. The molecule has 2 fully saturated rings. The van der Waals surface area contributed by atoms with Crippen molar-refractivity contribution in [1.82, 2.24) is 4.90 Å². The van der Waals surface area contributed by atoms with Crippen molar-refractivity contribution >= 4 is 5.97 Å². The smallest absolute Gasteiger partial charge is 0.343 e. The molecule has 1 saturated carbocycles. The molecule has 0 bridgehead atoms. The molecule has 0 amide bonds. The van der Waals surface area contributed by atoms with E-state index in [0.717, 1.165) is 45.2 Å². The van der Waals surface area contributed by atoms with Gasteiger partial charge in [0.25, 0.3) is 0 Å². The lowest BCUT2D eigenvalue weighted by atomic mass is 9.80. The summed E-state index contributed by atoms with van der Waals surface area (Å²) in [4.78, 5) is 15.0. The Kier molecular flexibility index (Phi) is 4.50. The zero-order chi connectivity index (χ0) is 15.6. The van der Waals surface area contributed by atoms with E-state index in [0.29, 0.717) is 5.56 Å². The zero-order valence-electron chi connectivity index (χ0n) is 13.2. The summed E-state index contributed by atoms with van der Waals surface area (Å²) in [6.07, 6.45) is 4.64. The number of benzene rings is 1. The Hall–Kier alpha value is -1.39. The summed E-state index contributed by atoms with van der Waals surface area (Å²) in [5.41, 5.74) is -0.836. The molecule has 1 saturated heterocycles. The Morgan fingerprint density at radius 3 is 2.50 bits per heavy atom. The maximum atomic E-state index is 12.8. The molecule has 1 heterocycles. The van der Waals surface area contributed by atoms with Gasteiger partial charge in [0.15, 0.2) is 5.60 Å². The van der Waals surface area contributed by atoms with Crippen molar-refractivity contribution < 1.29 is 14.6 Å². The molecule has 22 heavy (non-hydrogen) atoms. The van der Waals surface area contributed by atoms with E-state index < -0.39 is 11.6 Å². The summed E-state index contributed by atoms with van der Waals surface area (Å²) >= 11 is 0. The second-order valence-electron chi connectivity index (χ2n) is 6.69. The van der Waals surface area contributed by atoms with Crippen molar-refractivity contribution in [1.29, 1.82) is 0 Å². The molecule has 1 aliphatic carbocycles. The zero-order valence-corrected chi connectivity index (χ0v) is 13.2. The van der Waals surface area contributed by atoms with Gasteiger partial charge in [-0.2, -0.15) is 0 Å². The van der Waals surface area contributed by atoms with Crippen LogP contribution in [0.25, 0.3) is 0 Å². The topological polar surface area (TPSA) is 49.8 Å². The van der Waals surface area contributed by atoms with Crippen molar-refractivity contribution in [3.05, 3.63) is 35.9 Å². The Morgan fingerprint density at radius 1 is 1.23 bits per heavy atom. The maximum Gasteiger partial charge on any atom is 0.343 e. The van der Waals surface area contributed by atoms with Crippen LogP contribution in [0.5, 0.6) is 0 Å². The molecule has 0 spiro atoms. The number of nitrogens with zero attached hydrogens (tertiary/aromatic N) is 1. The highest BCUT2D eigenvalue weighted by Crippen LogP contribution is 2.41. The Morgan fingerprint density at radius 2 is 1.91 bits per heavy atom. The van der Waals surface area contributed by atoms with E-state index in [2.05, 4.69) is 4.90 Å². The first-order valence-corrected chi connectivity index (χ1v) is 8.28. The summed E-state index contributed by atoms with van der Waals surface area (Å²) in [5.74, 6) is -0.507. The highest BCUT2D eigenvalue weighted by Gasteiger charge is 2.48. The molecule has 2 atom stereocenters. The molecule has 4 nitrogen and oxygen atoms in total. The number of ether oxygens (including phenoxy) is 1. The molecule has 1 N–H and O–H groups in total. The van der Waals surface area contributed by atoms with E-state index in [1.54, 1.807) is 0 Å². The molecule has 0 radical (unpaired) electrons. The van der Waals surface area contributed by atoms with Crippen molar-refractivity contribution in [2.24, 2.45) is 5.92 Å². The van der Waals surface area contributed by atoms with Crippen LogP contribution in [-0.2, 0) is 15.1 Å². The van der Waals surface area contributed by atoms with Gasteiger partial charge in [-0.3, -0.25) is 0 Å². The third-order valence-corrected chi connectivity index (χ3v) is 5.09. The largest absolute Gasteiger partial charge is 0.459 e. The van der Waals surface area contributed by atoms with Gasteiger partial charge >= 0.3 is 5.97 Å². The standard InChI is InChI=1S/C18H25NO3/c1-19-12-11-16(13-19)22-17(20)18(21,15-9-5-6-10-15)14-7-3-2-4-8-14/h2-4,7-8,15-16,21H,5-6,9-13H2,1H3/t16-,18+/m0/s1. The number of likely N-dealkylation sites (tertiary alicyclic amines) is 1. The first-order chi connectivity index (χ1) is 10.6. The van der Waals surface area contributed by atoms with Crippen LogP contribution in [0.3, 0.4) is 0 Å². The van der Waals surface area contributed by atoms with Gasteiger partial charge in [-0.25, -0.2) is 4.79 Å².